The van der Waals surface area contributed by atoms with Gasteiger partial charge < -0.3 is 14.6 Å². The summed E-state index contributed by atoms with van der Waals surface area (Å²) in [5.41, 5.74) is -0.183. The average molecular weight is 526 g/mol. The van der Waals surface area contributed by atoms with Crippen LogP contribution in [0.1, 0.15) is 39.6 Å². The van der Waals surface area contributed by atoms with Crippen LogP contribution in [0.25, 0.3) is 0 Å². The molecule has 0 radical (unpaired) electrons. The fourth-order valence-electron chi connectivity index (χ4n) is 3.93. The Kier molecular flexibility index (Phi) is 7.95. The summed E-state index contributed by atoms with van der Waals surface area (Å²) in [6, 6.07) is 3.16. The smallest absolute Gasteiger partial charge is 0.434 e. The Morgan fingerprint density at radius 2 is 2.03 bits per heavy atom. The molecule has 1 aliphatic heterocycles. The van der Waals surface area contributed by atoms with Gasteiger partial charge in [0.25, 0.3) is 12.3 Å². The Bertz CT molecular complexity index is 1200. The minimum Gasteiger partial charge on any atom is -0.477 e. The van der Waals surface area contributed by atoms with Gasteiger partial charge in [-0.1, -0.05) is 5.16 Å². The summed E-state index contributed by atoms with van der Waals surface area (Å²) in [6.07, 6.45) is -3.32. The molecule has 1 atom stereocenters. The standard InChI is InChI=1S/C23H23F5N6O3/c1-13-21(17(37-33-13)6-16-8-30-18(9-29-16)23(26,27)28)22(35)32-15-2-3-20(31-7-15)36-12-14-4-5-34(10-14)11-19(24)25/h2-3,7-9,14,19H,4-6,10-12H2,1H3,(H,32,35)/t14-/m1/s1. The first kappa shape index (κ1) is 26.4. The van der Waals surface area contributed by atoms with Crippen LogP contribution in [0, 0.1) is 12.8 Å². The minimum atomic E-state index is -4.61. The Balaban J connectivity index is 1.33. The number of rotatable bonds is 9. The molecule has 3 aromatic rings. The number of carbonyl (C=O) groups is 1. The number of nitrogens with one attached hydrogen (secondary N) is 1. The van der Waals surface area contributed by atoms with Gasteiger partial charge in [0, 0.05) is 24.7 Å². The molecular weight excluding hydrogens is 503 g/mol. The number of ether oxygens (including phenoxy) is 1. The maximum Gasteiger partial charge on any atom is 0.434 e. The molecule has 9 nitrogen and oxygen atoms in total. The highest BCUT2D eigenvalue weighted by atomic mass is 19.4. The topological polar surface area (TPSA) is 106 Å². The molecule has 1 fully saturated rings. The van der Waals surface area contributed by atoms with E-state index in [1.54, 1.807) is 24.0 Å². The number of hydrogen-bond donors (Lipinski definition) is 1. The summed E-state index contributed by atoms with van der Waals surface area (Å²) in [7, 11) is 0. The lowest BCUT2D eigenvalue weighted by molar-refractivity contribution is -0.141. The number of amides is 1. The number of likely N-dealkylation sites (tertiary alicyclic amines) is 1. The van der Waals surface area contributed by atoms with E-state index in [1.807, 2.05) is 0 Å². The molecule has 1 amide bonds. The van der Waals surface area contributed by atoms with E-state index in [2.05, 4.69) is 25.4 Å². The first-order valence-corrected chi connectivity index (χ1v) is 11.3. The molecule has 37 heavy (non-hydrogen) atoms. The van der Waals surface area contributed by atoms with Gasteiger partial charge >= 0.3 is 6.18 Å². The van der Waals surface area contributed by atoms with E-state index >= 15 is 0 Å². The van der Waals surface area contributed by atoms with Gasteiger partial charge in [-0.05, 0) is 26.0 Å². The summed E-state index contributed by atoms with van der Waals surface area (Å²) in [5, 5.41) is 6.45. The lowest BCUT2D eigenvalue weighted by Gasteiger charge is -2.15. The van der Waals surface area contributed by atoms with Gasteiger partial charge in [-0.2, -0.15) is 13.2 Å². The van der Waals surface area contributed by atoms with Crippen molar-refractivity contribution in [1.82, 2.24) is 25.0 Å². The average Bonchev–Trinajstić information content (AvgIpc) is 3.43. The minimum absolute atomic E-state index is 0.0876. The lowest BCUT2D eigenvalue weighted by atomic mass is 10.1. The summed E-state index contributed by atoms with van der Waals surface area (Å²) in [4.78, 5) is 25.8. The third kappa shape index (κ3) is 6.96. The zero-order chi connectivity index (χ0) is 26.6. The number of aromatic nitrogens is 4. The van der Waals surface area contributed by atoms with Gasteiger partial charge in [0.15, 0.2) is 11.5 Å². The number of anilines is 1. The zero-order valence-electron chi connectivity index (χ0n) is 19.6. The molecule has 14 heteroatoms. The highest BCUT2D eigenvalue weighted by molar-refractivity contribution is 6.05. The fourth-order valence-corrected chi connectivity index (χ4v) is 3.93. The maximum absolute atomic E-state index is 12.9. The monoisotopic (exact) mass is 526 g/mol. The Morgan fingerprint density at radius 3 is 2.68 bits per heavy atom. The van der Waals surface area contributed by atoms with Crippen molar-refractivity contribution in [2.45, 2.75) is 32.4 Å². The first-order chi connectivity index (χ1) is 17.6. The summed E-state index contributed by atoms with van der Waals surface area (Å²) in [6.45, 7) is 2.80. The van der Waals surface area contributed by atoms with Crippen LogP contribution in [0.5, 0.6) is 5.88 Å². The summed E-state index contributed by atoms with van der Waals surface area (Å²) < 4.78 is 74.0. The van der Waals surface area contributed by atoms with Crippen molar-refractivity contribution in [3.05, 3.63) is 59.1 Å². The molecule has 4 heterocycles. The van der Waals surface area contributed by atoms with E-state index in [9.17, 15) is 26.7 Å². The predicted octanol–water partition coefficient (Wildman–Crippen LogP) is 4.00. The molecule has 1 aliphatic rings. The van der Waals surface area contributed by atoms with Crippen molar-refractivity contribution in [1.29, 1.82) is 0 Å². The van der Waals surface area contributed by atoms with Gasteiger partial charge in [-0.3, -0.25) is 14.7 Å². The second kappa shape index (κ2) is 11.2. The number of alkyl halides is 5. The van der Waals surface area contributed by atoms with Gasteiger partial charge in [0.05, 0.1) is 49.0 Å². The van der Waals surface area contributed by atoms with E-state index in [0.29, 0.717) is 37.5 Å². The largest absolute Gasteiger partial charge is 0.477 e. The summed E-state index contributed by atoms with van der Waals surface area (Å²) >= 11 is 0. The van der Waals surface area contributed by atoms with Crippen molar-refractivity contribution in [2.75, 3.05) is 31.6 Å². The van der Waals surface area contributed by atoms with Gasteiger partial charge in [-0.15, -0.1) is 0 Å². The molecule has 1 N–H and O–H groups in total. The van der Waals surface area contributed by atoms with Crippen LogP contribution in [0.4, 0.5) is 27.6 Å². The van der Waals surface area contributed by atoms with E-state index in [-0.39, 0.29) is 41.6 Å². The molecule has 0 spiro atoms. The highest BCUT2D eigenvalue weighted by Crippen LogP contribution is 2.27. The number of nitrogens with zero attached hydrogens (tertiary/aromatic N) is 5. The van der Waals surface area contributed by atoms with E-state index in [4.69, 9.17) is 9.26 Å². The maximum atomic E-state index is 12.9. The first-order valence-electron chi connectivity index (χ1n) is 11.3. The number of carbonyl (C=O) groups excluding carboxylic acids is 1. The second-order valence-corrected chi connectivity index (χ2v) is 8.59. The summed E-state index contributed by atoms with van der Waals surface area (Å²) in [5.74, 6) is 0.0286. The van der Waals surface area contributed by atoms with Crippen molar-refractivity contribution in [3.8, 4) is 5.88 Å². The van der Waals surface area contributed by atoms with Gasteiger partial charge in [-0.25, -0.2) is 18.7 Å². The Hall–Kier alpha value is -3.68. The van der Waals surface area contributed by atoms with Crippen molar-refractivity contribution in [2.24, 2.45) is 5.92 Å². The van der Waals surface area contributed by atoms with Crippen LogP contribution in [-0.4, -0.2) is 63.6 Å². The van der Waals surface area contributed by atoms with Crippen LogP contribution in [0.15, 0.2) is 35.2 Å². The molecule has 198 valence electrons. The number of hydrogen-bond acceptors (Lipinski definition) is 8. The fraction of sp³-hybridized carbons (Fsp3) is 0.435. The molecule has 3 aromatic heterocycles. The van der Waals surface area contributed by atoms with Gasteiger partial charge in [0.2, 0.25) is 5.88 Å². The molecule has 0 unspecified atom stereocenters. The van der Waals surface area contributed by atoms with E-state index < -0.39 is 24.2 Å². The third-order valence-corrected chi connectivity index (χ3v) is 5.73. The van der Waals surface area contributed by atoms with Crippen molar-refractivity contribution < 1.29 is 36.0 Å². The van der Waals surface area contributed by atoms with Gasteiger partial charge in [0.1, 0.15) is 5.56 Å². The van der Waals surface area contributed by atoms with Crippen LogP contribution < -0.4 is 10.1 Å². The molecule has 0 saturated carbocycles. The number of aryl methyl sites for hydroxylation is 1. The quantitative estimate of drug-likeness (QED) is 0.417. The van der Waals surface area contributed by atoms with Crippen molar-refractivity contribution >= 4 is 11.6 Å². The van der Waals surface area contributed by atoms with E-state index in [1.165, 1.54) is 6.20 Å². The highest BCUT2D eigenvalue weighted by Gasteiger charge is 2.33. The number of halogens is 5. The SMILES string of the molecule is Cc1noc(Cc2cnc(C(F)(F)F)cn2)c1C(=O)Nc1ccc(OC[C@@H]2CCN(CC(F)F)C2)nc1. The number of pyridine rings is 1. The third-order valence-electron chi connectivity index (χ3n) is 5.73. The normalized spacial score (nSPS) is 16.4. The predicted molar refractivity (Wildman–Crippen MR) is 119 cm³/mol. The molecular formula is C23H23F5N6O3. The second-order valence-electron chi connectivity index (χ2n) is 8.59. The Labute approximate surface area is 208 Å². The lowest BCUT2D eigenvalue weighted by Crippen LogP contribution is -2.27. The zero-order valence-corrected chi connectivity index (χ0v) is 19.6. The van der Waals surface area contributed by atoms with Crippen LogP contribution in [-0.2, 0) is 12.6 Å². The van der Waals surface area contributed by atoms with Crippen molar-refractivity contribution in [3.63, 3.8) is 0 Å². The molecule has 1 saturated heterocycles. The van der Waals surface area contributed by atoms with Crippen LogP contribution >= 0.6 is 0 Å². The Morgan fingerprint density at radius 1 is 1.22 bits per heavy atom. The molecule has 0 aliphatic carbocycles. The van der Waals surface area contributed by atoms with Crippen LogP contribution in [0.2, 0.25) is 0 Å². The molecule has 0 bridgehead atoms. The van der Waals surface area contributed by atoms with E-state index in [0.717, 1.165) is 12.6 Å². The molecule has 0 aromatic carbocycles. The van der Waals surface area contributed by atoms with Crippen LogP contribution in [0.3, 0.4) is 0 Å². The molecule has 4 rings (SSSR count).